The summed E-state index contributed by atoms with van der Waals surface area (Å²) in [5.41, 5.74) is 1.38. The molecule has 0 unspecified atom stereocenters. The van der Waals surface area contributed by atoms with Crippen LogP contribution in [0.2, 0.25) is 5.02 Å². The number of rotatable bonds is 3. The van der Waals surface area contributed by atoms with Gasteiger partial charge in [0.25, 0.3) is 11.1 Å². The molecule has 6 heteroatoms. The van der Waals surface area contributed by atoms with Crippen molar-refractivity contribution in [2.45, 2.75) is 6.54 Å². The minimum Gasteiger partial charge on any atom is -0.508 e. The summed E-state index contributed by atoms with van der Waals surface area (Å²) in [6, 6.07) is 13.6. The van der Waals surface area contributed by atoms with Crippen molar-refractivity contribution < 1.29 is 14.7 Å². The monoisotopic (exact) mass is 345 g/mol. The lowest BCUT2D eigenvalue weighted by Crippen LogP contribution is -2.27. The lowest BCUT2D eigenvalue weighted by molar-refractivity contribution is -0.123. The second-order valence-electron chi connectivity index (χ2n) is 4.95. The van der Waals surface area contributed by atoms with Crippen LogP contribution in [0.3, 0.4) is 0 Å². The molecule has 1 aliphatic rings. The van der Waals surface area contributed by atoms with Crippen molar-refractivity contribution in [3.63, 3.8) is 0 Å². The maximum Gasteiger partial charge on any atom is 0.293 e. The Labute approximate surface area is 142 Å². The molecule has 0 atom stereocenters. The highest BCUT2D eigenvalue weighted by molar-refractivity contribution is 8.18. The molecular weight excluding hydrogens is 334 g/mol. The molecule has 2 amide bonds. The average molecular weight is 346 g/mol. The number of hydrogen-bond donors (Lipinski definition) is 1. The third kappa shape index (κ3) is 3.41. The van der Waals surface area contributed by atoms with E-state index >= 15 is 0 Å². The first-order valence-electron chi connectivity index (χ1n) is 6.82. The normalized spacial score (nSPS) is 16.4. The first-order valence-corrected chi connectivity index (χ1v) is 8.02. The highest BCUT2D eigenvalue weighted by Crippen LogP contribution is 2.34. The Morgan fingerprint density at radius 1 is 1.13 bits per heavy atom. The van der Waals surface area contributed by atoms with E-state index in [1.807, 2.05) is 6.07 Å². The fourth-order valence-corrected chi connectivity index (χ4v) is 3.23. The van der Waals surface area contributed by atoms with Crippen LogP contribution in [-0.2, 0) is 11.3 Å². The molecule has 1 saturated heterocycles. The van der Waals surface area contributed by atoms with Gasteiger partial charge >= 0.3 is 0 Å². The lowest BCUT2D eigenvalue weighted by Gasteiger charge is -2.13. The van der Waals surface area contributed by atoms with Crippen molar-refractivity contribution in [3.05, 3.63) is 69.6 Å². The van der Waals surface area contributed by atoms with E-state index < -0.39 is 0 Å². The van der Waals surface area contributed by atoms with Gasteiger partial charge in [-0.15, -0.1) is 0 Å². The molecule has 0 aromatic heterocycles. The number of benzene rings is 2. The SMILES string of the molecule is O=C1S/C(=C/c2cccc(O)c2)C(=O)N1Cc1ccccc1Cl. The summed E-state index contributed by atoms with van der Waals surface area (Å²) in [5.74, 6) is -0.252. The number of phenols is 1. The predicted octanol–water partition coefficient (Wildman–Crippen LogP) is 4.28. The predicted molar refractivity (Wildman–Crippen MR) is 91.1 cm³/mol. The van der Waals surface area contributed by atoms with Gasteiger partial charge in [-0.1, -0.05) is 41.9 Å². The molecule has 0 radical (unpaired) electrons. The Bertz CT molecular complexity index is 819. The van der Waals surface area contributed by atoms with Crippen LogP contribution < -0.4 is 0 Å². The molecular formula is C17H12ClNO3S. The van der Waals surface area contributed by atoms with E-state index in [0.717, 1.165) is 17.3 Å². The van der Waals surface area contributed by atoms with Gasteiger partial charge in [0, 0.05) is 5.02 Å². The number of thioether (sulfide) groups is 1. The van der Waals surface area contributed by atoms with E-state index in [9.17, 15) is 14.7 Å². The molecule has 0 bridgehead atoms. The molecule has 2 aromatic rings. The third-order valence-corrected chi connectivity index (χ3v) is 4.60. The van der Waals surface area contributed by atoms with Crippen molar-refractivity contribution in [2.24, 2.45) is 0 Å². The number of imide groups is 1. The second kappa shape index (κ2) is 6.48. The molecule has 23 heavy (non-hydrogen) atoms. The number of phenolic OH excluding ortho intramolecular Hbond substituents is 1. The standard InChI is InChI=1S/C17H12ClNO3S/c18-14-7-2-1-5-12(14)10-19-16(21)15(23-17(19)22)9-11-4-3-6-13(20)8-11/h1-9,20H,10H2/b15-9+. The van der Waals surface area contributed by atoms with E-state index in [-0.39, 0.29) is 23.4 Å². The number of carbonyl (C=O) groups is 2. The van der Waals surface area contributed by atoms with Crippen LogP contribution in [0.25, 0.3) is 6.08 Å². The molecule has 1 aliphatic heterocycles. The van der Waals surface area contributed by atoms with Crippen LogP contribution in [-0.4, -0.2) is 21.2 Å². The van der Waals surface area contributed by atoms with Crippen molar-refractivity contribution >= 4 is 40.6 Å². The molecule has 0 spiro atoms. The highest BCUT2D eigenvalue weighted by Gasteiger charge is 2.35. The summed E-state index contributed by atoms with van der Waals surface area (Å²) in [5, 5.41) is 9.65. The quantitative estimate of drug-likeness (QED) is 0.843. The van der Waals surface area contributed by atoms with Gasteiger partial charge in [0.15, 0.2) is 0 Å². The number of aromatic hydroxyl groups is 1. The Morgan fingerprint density at radius 3 is 2.65 bits per heavy atom. The Morgan fingerprint density at radius 2 is 1.91 bits per heavy atom. The van der Waals surface area contributed by atoms with Gasteiger partial charge < -0.3 is 5.11 Å². The first kappa shape index (κ1) is 15.6. The maximum absolute atomic E-state index is 12.4. The summed E-state index contributed by atoms with van der Waals surface area (Å²) in [6.07, 6.45) is 1.59. The van der Waals surface area contributed by atoms with Crippen molar-refractivity contribution in [3.8, 4) is 5.75 Å². The fourth-order valence-electron chi connectivity index (χ4n) is 2.20. The second-order valence-corrected chi connectivity index (χ2v) is 6.35. The van der Waals surface area contributed by atoms with Gasteiger partial charge in [-0.2, -0.15) is 0 Å². The number of halogens is 1. The highest BCUT2D eigenvalue weighted by atomic mass is 35.5. The van der Waals surface area contributed by atoms with Gasteiger partial charge in [-0.3, -0.25) is 14.5 Å². The smallest absolute Gasteiger partial charge is 0.293 e. The van der Waals surface area contributed by atoms with Gasteiger partial charge in [0.05, 0.1) is 11.4 Å². The topological polar surface area (TPSA) is 57.6 Å². The van der Waals surface area contributed by atoms with Crippen LogP contribution in [0.4, 0.5) is 4.79 Å². The largest absolute Gasteiger partial charge is 0.508 e. The molecule has 0 saturated carbocycles. The van der Waals surface area contributed by atoms with Crippen LogP contribution in [0.5, 0.6) is 5.75 Å². The van der Waals surface area contributed by atoms with E-state index in [1.54, 1.807) is 42.5 Å². The zero-order valence-corrected chi connectivity index (χ0v) is 13.5. The third-order valence-electron chi connectivity index (χ3n) is 3.33. The summed E-state index contributed by atoms with van der Waals surface area (Å²) in [4.78, 5) is 26.0. The Hall–Kier alpha value is -2.24. The first-order chi connectivity index (χ1) is 11.0. The van der Waals surface area contributed by atoms with Gasteiger partial charge in [0.1, 0.15) is 5.75 Å². The van der Waals surface area contributed by atoms with Crippen LogP contribution in [0.15, 0.2) is 53.4 Å². The summed E-state index contributed by atoms with van der Waals surface area (Å²) < 4.78 is 0. The summed E-state index contributed by atoms with van der Waals surface area (Å²) in [7, 11) is 0. The summed E-state index contributed by atoms with van der Waals surface area (Å²) >= 11 is 6.96. The number of nitrogens with zero attached hydrogens (tertiary/aromatic N) is 1. The zero-order chi connectivity index (χ0) is 16.4. The lowest BCUT2D eigenvalue weighted by atomic mass is 10.2. The minimum atomic E-state index is -0.358. The molecule has 0 aliphatic carbocycles. The molecule has 1 fully saturated rings. The van der Waals surface area contributed by atoms with Crippen molar-refractivity contribution in [1.82, 2.24) is 4.90 Å². The molecule has 3 rings (SSSR count). The summed E-state index contributed by atoms with van der Waals surface area (Å²) in [6.45, 7) is 0.141. The number of carbonyl (C=O) groups excluding carboxylic acids is 2. The molecule has 1 N–H and O–H groups in total. The van der Waals surface area contributed by atoms with Gasteiger partial charge in [-0.05, 0) is 47.2 Å². The molecule has 4 nitrogen and oxygen atoms in total. The van der Waals surface area contributed by atoms with Gasteiger partial charge in [0.2, 0.25) is 0 Å². The molecule has 116 valence electrons. The van der Waals surface area contributed by atoms with Crippen LogP contribution >= 0.6 is 23.4 Å². The average Bonchev–Trinajstić information content (AvgIpc) is 2.77. The van der Waals surface area contributed by atoms with E-state index in [1.165, 1.54) is 11.0 Å². The number of amides is 2. The van der Waals surface area contributed by atoms with E-state index in [4.69, 9.17) is 11.6 Å². The minimum absolute atomic E-state index is 0.106. The zero-order valence-electron chi connectivity index (χ0n) is 11.9. The van der Waals surface area contributed by atoms with Gasteiger partial charge in [-0.25, -0.2) is 0 Å². The molecule has 2 aromatic carbocycles. The maximum atomic E-state index is 12.4. The van der Waals surface area contributed by atoms with E-state index in [2.05, 4.69) is 0 Å². The number of hydrogen-bond acceptors (Lipinski definition) is 4. The Kier molecular flexibility index (Phi) is 4.41. The fraction of sp³-hybridized carbons (Fsp3) is 0.0588. The van der Waals surface area contributed by atoms with Crippen LogP contribution in [0.1, 0.15) is 11.1 Å². The van der Waals surface area contributed by atoms with Crippen molar-refractivity contribution in [2.75, 3.05) is 0 Å². The van der Waals surface area contributed by atoms with Crippen molar-refractivity contribution in [1.29, 1.82) is 0 Å². The molecule has 1 heterocycles. The Balaban J connectivity index is 1.84. The van der Waals surface area contributed by atoms with E-state index in [0.29, 0.717) is 15.5 Å². The van der Waals surface area contributed by atoms with Crippen LogP contribution in [0, 0.1) is 0 Å².